The summed E-state index contributed by atoms with van der Waals surface area (Å²) in [6, 6.07) is 4.62. The van der Waals surface area contributed by atoms with Gasteiger partial charge in [0.05, 0.1) is 12.1 Å². The van der Waals surface area contributed by atoms with Crippen LogP contribution in [0.5, 0.6) is 0 Å². The van der Waals surface area contributed by atoms with Gasteiger partial charge in [-0.05, 0) is 30.2 Å². The van der Waals surface area contributed by atoms with Crippen LogP contribution in [0.15, 0.2) is 18.2 Å². The molecule has 1 aromatic rings. The highest BCUT2D eigenvalue weighted by atomic mass is 35.5. The molecule has 2 atom stereocenters. The normalized spacial score (nSPS) is 15.1. The molecule has 0 saturated heterocycles. The molecule has 5 N–H and O–H groups in total. The van der Waals surface area contributed by atoms with Gasteiger partial charge in [0.2, 0.25) is 0 Å². The lowest BCUT2D eigenvalue weighted by Crippen LogP contribution is -2.26. The number of rotatable bonds is 3. The van der Waals surface area contributed by atoms with Gasteiger partial charge in [-0.2, -0.15) is 0 Å². The zero-order valence-corrected chi connectivity index (χ0v) is 8.83. The standard InChI is InChI=1S/C10H15ClN2O/c1-2-9(14)10(13)7-5-6(11)3-4-8(7)12/h3-5,9-10,14H,2,12-13H2,1H3/t9-,10+/m0/s1. The van der Waals surface area contributed by atoms with Gasteiger partial charge in [-0.3, -0.25) is 0 Å². The van der Waals surface area contributed by atoms with Crippen LogP contribution in [0.2, 0.25) is 5.02 Å². The van der Waals surface area contributed by atoms with Gasteiger partial charge in [-0.25, -0.2) is 0 Å². The van der Waals surface area contributed by atoms with Crippen molar-refractivity contribution in [1.82, 2.24) is 0 Å². The van der Waals surface area contributed by atoms with Crippen LogP contribution in [0.4, 0.5) is 5.69 Å². The van der Waals surface area contributed by atoms with Crippen molar-refractivity contribution in [3.8, 4) is 0 Å². The number of anilines is 1. The van der Waals surface area contributed by atoms with E-state index in [1.54, 1.807) is 18.2 Å². The first-order chi connectivity index (χ1) is 6.56. The molecule has 0 amide bonds. The van der Waals surface area contributed by atoms with Crippen molar-refractivity contribution in [3.05, 3.63) is 28.8 Å². The lowest BCUT2D eigenvalue weighted by Gasteiger charge is -2.19. The smallest absolute Gasteiger partial charge is 0.0731 e. The summed E-state index contributed by atoms with van der Waals surface area (Å²) in [7, 11) is 0. The Labute approximate surface area is 88.7 Å². The summed E-state index contributed by atoms with van der Waals surface area (Å²) in [4.78, 5) is 0. The van der Waals surface area contributed by atoms with E-state index in [4.69, 9.17) is 23.1 Å². The van der Waals surface area contributed by atoms with Crippen molar-refractivity contribution in [2.45, 2.75) is 25.5 Å². The van der Waals surface area contributed by atoms with Gasteiger partial charge in [0.25, 0.3) is 0 Å². The quantitative estimate of drug-likeness (QED) is 0.671. The Morgan fingerprint density at radius 2 is 2.14 bits per heavy atom. The molecule has 0 fully saturated rings. The van der Waals surface area contributed by atoms with Crippen LogP contribution in [-0.4, -0.2) is 11.2 Å². The SMILES string of the molecule is CC[C@H](O)[C@H](N)c1cc(Cl)ccc1N. The molecule has 0 bridgehead atoms. The molecule has 1 aromatic carbocycles. The molecular weight excluding hydrogens is 200 g/mol. The van der Waals surface area contributed by atoms with Crippen LogP contribution < -0.4 is 11.5 Å². The van der Waals surface area contributed by atoms with E-state index >= 15 is 0 Å². The molecule has 0 aliphatic rings. The zero-order valence-electron chi connectivity index (χ0n) is 8.07. The lowest BCUT2D eigenvalue weighted by atomic mass is 9.99. The Balaban J connectivity index is 2.99. The summed E-state index contributed by atoms with van der Waals surface area (Å²) < 4.78 is 0. The predicted octanol–water partition coefficient (Wildman–Crippen LogP) is 1.69. The van der Waals surface area contributed by atoms with Gasteiger partial charge >= 0.3 is 0 Å². The topological polar surface area (TPSA) is 72.3 Å². The highest BCUT2D eigenvalue weighted by molar-refractivity contribution is 6.30. The monoisotopic (exact) mass is 214 g/mol. The molecule has 0 aromatic heterocycles. The number of nitrogens with two attached hydrogens (primary N) is 2. The largest absolute Gasteiger partial charge is 0.398 e. The van der Waals surface area contributed by atoms with E-state index in [1.807, 2.05) is 6.92 Å². The number of nitrogen functional groups attached to an aromatic ring is 1. The van der Waals surface area contributed by atoms with Crippen molar-refractivity contribution in [1.29, 1.82) is 0 Å². The summed E-state index contributed by atoms with van der Waals surface area (Å²) >= 11 is 5.82. The number of hydrogen-bond donors (Lipinski definition) is 3. The maximum atomic E-state index is 9.57. The van der Waals surface area contributed by atoms with Gasteiger partial charge in [0.1, 0.15) is 0 Å². The van der Waals surface area contributed by atoms with E-state index in [2.05, 4.69) is 0 Å². The summed E-state index contributed by atoms with van der Waals surface area (Å²) in [5.41, 5.74) is 12.8. The predicted molar refractivity (Wildman–Crippen MR) is 59.1 cm³/mol. The molecule has 0 saturated carbocycles. The Hall–Kier alpha value is -0.770. The molecule has 0 unspecified atom stereocenters. The van der Waals surface area contributed by atoms with E-state index in [-0.39, 0.29) is 0 Å². The van der Waals surface area contributed by atoms with E-state index in [0.29, 0.717) is 22.7 Å². The third-order valence-electron chi connectivity index (χ3n) is 2.24. The first-order valence-corrected chi connectivity index (χ1v) is 4.92. The van der Waals surface area contributed by atoms with Crippen molar-refractivity contribution in [3.63, 3.8) is 0 Å². The van der Waals surface area contributed by atoms with Crippen LogP contribution in [0, 0.1) is 0 Å². The molecule has 4 heteroatoms. The van der Waals surface area contributed by atoms with E-state index in [9.17, 15) is 5.11 Å². The molecule has 1 rings (SSSR count). The Kier molecular flexibility index (Phi) is 3.75. The van der Waals surface area contributed by atoms with E-state index in [0.717, 1.165) is 0 Å². The van der Waals surface area contributed by atoms with Gasteiger partial charge in [-0.15, -0.1) is 0 Å². The fourth-order valence-electron chi connectivity index (χ4n) is 1.30. The maximum absolute atomic E-state index is 9.57. The Morgan fingerprint density at radius 1 is 1.50 bits per heavy atom. The minimum absolute atomic E-state index is 0.473. The van der Waals surface area contributed by atoms with Gasteiger partial charge in [-0.1, -0.05) is 18.5 Å². The molecule has 78 valence electrons. The summed E-state index contributed by atoms with van der Waals surface area (Å²) in [5.74, 6) is 0. The van der Waals surface area contributed by atoms with Crippen molar-refractivity contribution in [2.24, 2.45) is 5.73 Å². The van der Waals surface area contributed by atoms with Crippen molar-refractivity contribution >= 4 is 17.3 Å². The third-order valence-corrected chi connectivity index (χ3v) is 2.48. The fraction of sp³-hybridized carbons (Fsp3) is 0.400. The number of aliphatic hydroxyl groups excluding tert-OH is 1. The number of benzene rings is 1. The average molecular weight is 215 g/mol. The van der Waals surface area contributed by atoms with Crippen LogP contribution in [0.1, 0.15) is 24.9 Å². The molecule has 0 spiro atoms. The molecule has 0 aliphatic heterocycles. The number of hydrogen-bond acceptors (Lipinski definition) is 3. The highest BCUT2D eigenvalue weighted by Crippen LogP contribution is 2.25. The van der Waals surface area contributed by atoms with E-state index in [1.165, 1.54) is 0 Å². The first kappa shape index (κ1) is 11.3. The maximum Gasteiger partial charge on any atom is 0.0731 e. The molecule has 0 heterocycles. The van der Waals surface area contributed by atoms with Crippen LogP contribution in [0.3, 0.4) is 0 Å². The summed E-state index contributed by atoms with van der Waals surface area (Å²) in [6.07, 6.45) is 0.00314. The lowest BCUT2D eigenvalue weighted by molar-refractivity contribution is 0.141. The Morgan fingerprint density at radius 3 is 2.71 bits per heavy atom. The van der Waals surface area contributed by atoms with Gasteiger partial charge in [0, 0.05) is 10.7 Å². The van der Waals surface area contributed by atoms with Crippen LogP contribution >= 0.6 is 11.6 Å². The second-order valence-corrected chi connectivity index (χ2v) is 3.71. The molecule has 0 aliphatic carbocycles. The second-order valence-electron chi connectivity index (χ2n) is 3.27. The minimum Gasteiger partial charge on any atom is -0.398 e. The first-order valence-electron chi connectivity index (χ1n) is 4.54. The zero-order chi connectivity index (χ0) is 10.7. The molecular formula is C10H15ClN2O. The van der Waals surface area contributed by atoms with Crippen molar-refractivity contribution < 1.29 is 5.11 Å². The van der Waals surface area contributed by atoms with Gasteiger partial charge in [0.15, 0.2) is 0 Å². The average Bonchev–Trinajstić information content (AvgIpc) is 2.19. The molecule has 3 nitrogen and oxygen atoms in total. The molecule has 14 heavy (non-hydrogen) atoms. The van der Waals surface area contributed by atoms with E-state index < -0.39 is 12.1 Å². The van der Waals surface area contributed by atoms with Gasteiger partial charge < -0.3 is 16.6 Å². The summed E-state index contributed by atoms with van der Waals surface area (Å²) in [6.45, 7) is 1.87. The highest BCUT2D eigenvalue weighted by Gasteiger charge is 2.17. The van der Waals surface area contributed by atoms with Crippen LogP contribution in [-0.2, 0) is 0 Å². The fourth-order valence-corrected chi connectivity index (χ4v) is 1.48. The third kappa shape index (κ3) is 2.38. The number of halogens is 1. The Bertz CT molecular complexity index is 317. The molecule has 0 radical (unpaired) electrons. The van der Waals surface area contributed by atoms with Crippen molar-refractivity contribution in [2.75, 3.05) is 5.73 Å². The minimum atomic E-state index is -0.587. The number of aliphatic hydroxyl groups is 1. The van der Waals surface area contributed by atoms with Crippen LogP contribution in [0.25, 0.3) is 0 Å². The second kappa shape index (κ2) is 4.64. The summed E-state index contributed by atoms with van der Waals surface area (Å²) in [5, 5.41) is 10.1.